The maximum absolute atomic E-state index is 12.0. The molecule has 0 fully saturated rings. The zero-order chi connectivity index (χ0) is 13.0. The number of rotatable bonds is 3. The number of nitrogens with zero attached hydrogens (tertiary/aromatic N) is 1. The molecule has 0 saturated carbocycles. The van der Waals surface area contributed by atoms with Crippen molar-refractivity contribution in [2.45, 2.75) is 13.8 Å². The second kappa shape index (κ2) is 5.25. The third-order valence-corrected chi connectivity index (χ3v) is 2.15. The fourth-order valence-electron chi connectivity index (χ4n) is 1.29. The molecule has 0 aliphatic rings. The molecule has 1 aromatic rings. The largest absolute Gasteiger partial charge is 0.269 e. The highest BCUT2D eigenvalue weighted by Gasteiger charge is 2.23. The van der Waals surface area contributed by atoms with E-state index in [9.17, 15) is 9.59 Å². The Balaban J connectivity index is 3.21. The third kappa shape index (κ3) is 2.91. The SMILES string of the molecule is C=C(C)C(=O)N(C(=O)C(=C)C)c1ccccc1. The van der Waals surface area contributed by atoms with E-state index in [4.69, 9.17) is 0 Å². The zero-order valence-electron chi connectivity index (χ0n) is 10.1. The molecular weight excluding hydrogens is 214 g/mol. The summed E-state index contributed by atoms with van der Waals surface area (Å²) in [7, 11) is 0. The first-order chi connectivity index (χ1) is 7.95. The van der Waals surface area contributed by atoms with Gasteiger partial charge in [0.15, 0.2) is 0 Å². The van der Waals surface area contributed by atoms with E-state index in [1.807, 2.05) is 6.07 Å². The van der Waals surface area contributed by atoms with Crippen LogP contribution >= 0.6 is 0 Å². The summed E-state index contributed by atoms with van der Waals surface area (Å²) < 4.78 is 0. The van der Waals surface area contributed by atoms with Crippen molar-refractivity contribution in [3.05, 3.63) is 54.6 Å². The van der Waals surface area contributed by atoms with E-state index >= 15 is 0 Å². The minimum Gasteiger partial charge on any atom is -0.269 e. The fraction of sp³-hybridized carbons (Fsp3) is 0.143. The zero-order valence-corrected chi connectivity index (χ0v) is 10.1. The Morgan fingerprint density at radius 2 is 1.35 bits per heavy atom. The number of benzene rings is 1. The minimum atomic E-state index is -0.413. The van der Waals surface area contributed by atoms with Crippen LogP contribution in [0, 0.1) is 0 Å². The Morgan fingerprint density at radius 3 is 1.71 bits per heavy atom. The van der Waals surface area contributed by atoms with Crippen LogP contribution in [0.15, 0.2) is 54.6 Å². The molecule has 17 heavy (non-hydrogen) atoms. The molecule has 88 valence electrons. The van der Waals surface area contributed by atoms with E-state index in [1.54, 1.807) is 38.1 Å². The van der Waals surface area contributed by atoms with Crippen LogP contribution in [-0.2, 0) is 9.59 Å². The molecule has 0 spiro atoms. The Hall–Kier alpha value is -2.16. The van der Waals surface area contributed by atoms with Crippen LogP contribution in [-0.4, -0.2) is 11.8 Å². The van der Waals surface area contributed by atoms with Crippen LogP contribution in [0.4, 0.5) is 5.69 Å². The molecule has 0 aromatic heterocycles. The van der Waals surface area contributed by atoms with Crippen molar-refractivity contribution in [2.75, 3.05) is 4.90 Å². The molecule has 1 aromatic carbocycles. The first-order valence-electron chi connectivity index (χ1n) is 5.20. The molecule has 1 rings (SSSR count). The number of imide groups is 1. The fourth-order valence-corrected chi connectivity index (χ4v) is 1.29. The highest BCUT2D eigenvalue weighted by Crippen LogP contribution is 2.17. The number of amides is 2. The first-order valence-corrected chi connectivity index (χ1v) is 5.20. The summed E-state index contributed by atoms with van der Waals surface area (Å²) in [5.74, 6) is -0.826. The van der Waals surface area contributed by atoms with Crippen molar-refractivity contribution in [3.8, 4) is 0 Å². The molecule has 3 heteroatoms. The molecule has 0 heterocycles. The summed E-state index contributed by atoms with van der Waals surface area (Å²) in [6.07, 6.45) is 0. The van der Waals surface area contributed by atoms with Crippen molar-refractivity contribution >= 4 is 17.5 Å². The molecule has 0 saturated heterocycles. The lowest BCUT2D eigenvalue weighted by atomic mass is 10.2. The van der Waals surface area contributed by atoms with Crippen molar-refractivity contribution in [2.24, 2.45) is 0 Å². The number of anilines is 1. The van der Waals surface area contributed by atoms with Gasteiger partial charge in [-0.2, -0.15) is 0 Å². The van der Waals surface area contributed by atoms with Gasteiger partial charge in [-0.3, -0.25) is 9.59 Å². The van der Waals surface area contributed by atoms with Crippen molar-refractivity contribution in [1.29, 1.82) is 0 Å². The lowest BCUT2D eigenvalue weighted by molar-refractivity contribution is -0.122. The van der Waals surface area contributed by atoms with Gasteiger partial charge < -0.3 is 0 Å². The average molecular weight is 229 g/mol. The van der Waals surface area contributed by atoms with Crippen LogP contribution in [0.3, 0.4) is 0 Å². The van der Waals surface area contributed by atoms with Crippen molar-refractivity contribution in [1.82, 2.24) is 0 Å². The Morgan fingerprint density at radius 1 is 0.941 bits per heavy atom. The smallest absolute Gasteiger partial charge is 0.260 e. The van der Waals surface area contributed by atoms with E-state index in [0.29, 0.717) is 16.8 Å². The van der Waals surface area contributed by atoms with Gasteiger partial charge in [-0.05, 0) is 26.0 Å². The van der Waals surface area contributed by atoms with Crippen LogP contribution in [0.5, 0.6) is 0 Å². The van der Waals surface area contributed by atoms with E-state index in [2.05, 4.69) is 13.2 Å². The quantitative estimate of drug-likeness (QED) is 0.747. The summed E-state index contributed by atoms with van der Waals surface area (Å²) in [6.45, 7) is 10.3. The molecule has 0 atom stereocenters. The van der Waals surface area contributed by atoms with Gasteiger partial charge in [0.1, 0.15) is 0 Å². The molecule has 3 nitrogen and oxygen atoms in total. The van der Waals surface area contributed by atoms with Gasteiger partial charge in [-0.25, -0.2) is 4.90 Å². The third-order valence-electron chi connectivity index (χ3n) is 2.15. The molecule has 0 aliphatic carbocycles. The highest BCUT2D eigenvalue weighted by atomic mass is 16.2. The predicted octanol–water partition coefficient (Wildman–Crippen LogP) is 2.70. The van der Waals surface area contributed by atoms with Gasteiger partial charge in [0.2, 0.25) is 0 Å². The van der Waals surface area contributed by atoms with E-state index in [1.165, 1.54) is 0 Å². The van der Waals surface area contributed by atoms with E-state index < -0.39 is 11.8 Å². The van der Waals surface area contributed by atoms with Crippen molar-refractivity contribution in [3.63, 3.8) is 0 Å². The van der Waals surface area contributed by atoms with Crippen LogP contribution in [0.2, 0.25) is 0 Å². The number of carbonyl (C=O) groups is 2. The van der Waals surface area contributed by atoms with Gasteiger partial charge in [0.25, 0.3) is 11.8 Å². The van der Waals surface area contributed by atoms with Crippen molar-refractivity contribution < 1.29 is 9.59 Å². The molecule has 0 radical (unpaired) electrons. The van der Waals surface area contributed by atoms with E-state index in [-0.39, 0.29) is 0 Å². The standard InChI is InChI=1S/C14H15NO2/c1-10(2)13(16)15(14(17)11(3)4)12-8-6-5-7-9-12/h5-9H,1,3H2,2,4H3. The van der Waals surface area contributed by atoms with Gasteiger partial charge in [-0.15, -0.1) is 0 Å². The Kier molecular flexibility index (Phi) is 3.99. The van der Waals surface area contributed by atoms with Crippen LogP contribution in [0.25, 0.3) is 0 Å². The number of para-hydroxylation sites is 1. The monoisotopic (exact) mass is 229 g/mol. The summed E-state index contributed by atoms with van der Waals surface area (Å²) in [4.78, 5) is 25.0. The highest BCUT2D eigenvalue weighted by molar-refractivity contribution is 6.24. The summed E-state index contributed by atoms with van der Waals surface area (Å²) in [5.41, 5.74) is 1.14. The number of hydrogen-bond donors (Lipinski definition) is 0. The van der Waals surface area contributed by atoms with Crippen LogP contribution in [0.1, 0.15) is 13.8 Å². The Labute approximate surface area is 101 Å². The topological polar surface area (TPSA) is 37.4 Å². The second-order valence-corrected chi connectivity index (χ2v) is 3.84. The van der Waals surface area contributed by atoms with Crippen LogP contribution < -0.4 is 4.90 Å². The van der Waals surface area contributed by atoms with E-state index in [0.717, 1.165) is 4.90 Å². The van der Waals surface area contributed by atoms with Gasteiger partial charge >= 0.3 is 0 Å². The number of carbonyl (C=O) groups excluding carboxylic acids is 2. The summed E-state index contributed by atoms with van der Waals surface area (Å²) >= 11 is 0. The average Bonchev–Trinajstić information content (AvgIpc) is 2.30. The van der Waals surface area contributed by atoms with Gasteiger partial charge in [0.05, 0.1) is 5.69 Å². The molecule has 0 bridgehead atoms. The predicted molar refractivity (Wildman–Crippen MR) is 68.6 cm³/mol. The summed E-state index contributed by atoms with van der Waals surface area (Å²) in [5, 5.41) is 0. The maximum Gasteiger partial charge on any atom is 0.260 e. The lowest BCUT2D eigenvalue weighted by Gasteiger charge is -2.20. The maximum atomic E-state index is 12.0. The lowest BCUT2D eigenvalue weighted by Crippen LogP contribution is -2.37. The normalized spacial score (nSPS) is 9.53. The Bertz CT molecular complexity index is 448. The first kappa shape index (κ1) is 12.9. The van der Waals surface area contributed by atoms with Gasteiger partial charge in [0, 0.05) is 11.1 Å². The minimum absolute atomic E-state index is 0.309. The molecule has 0 aliphatic heterocycles. The molecule has 0 N–H and O–H groups in total. The summed E-state index contributed by atoms with van der Waals surface area (Å²) in [6, 6.07) is 8.74. The van der Waals surface area contributed by atoms with Gasteiger partial charge in [-0.1, -0.05) is 31.4 Å². The molecular formula is C14H15NO2. The number of hydrogen-bond acceptors (Lipinski definition) is 2. The molecule has 2 amide bonds. The molecule has 0 unspecified atom stereocenters. The second-order valence-electron chi connectivity index (χ2n) is 3.84.